The van der Waals surface area contributed by atoms with Crippen molar-refractivity contribution in [1.29, 1.82) is 0 Å². The second kappa shape index (κ2) is 9.64. The minimum absolute atomic E-state index is 0.0357. The molecule has 4 heterocycles. The molecule has 2 aromatic carbocycles. The van der Waals surface area contributed by atoms with Crippen LogP contribution in [0.2, 0.25) is 0 Å². The van der Waals surface area contributed by atoms with E-state index >= 15 is 0 Å². The van der Waals surface area contributed by atoms with Crippen molar-refractivity contribution in [3.8, 4) is 23.1 Å². The Kier molecular flexibility index (Phi) is 5.99. The Morgan fingerprint density at radius 3 is 2.18 bits per heavy atom. The molecule has 0 saturated carbocycles. The predicted molar refractivity (Wildman–Crippen MR) is 144 cm³/mol. The molecule has 0 bridgehead atoms. The second-order valence-corrected chi connectivity index (χ2v) is 9.13. The minimum atomic E-state index is -0.667. The summed E-state index contributed by atoms with van der Waals surface area (Å²) in [6, 6.07) is 19.4. The molecule has 0 saturated heterocycles. The quantitative estimate of drug-likeness (QED) is 0.334. The molecule has 1 unspecified atom stereocenters. The van der Waals surface area contributed by atoms with Crippen molar-refractivity contribution in [1.82, 2.24) is 29.1 Å². The van der Waals surface area contributed by atoms with E-state index < -0.39 is 11.9 Å². The number of imidazole rings is 1. The lowest BCUT2D eigenvalue weighted by molar-refractivity contribution is -0.139. The fourth-order valence-electron chi connectivity index (χ4n) is 5.10. The number of rotatable bonds is 6. The topological polar surface area (TPSA) is 115 Å². The molecular formula is C29H27N7O3. The van der Waals surface area contributed by atoms with Crippen molar-refractivity contribution in [3.63, 3.8) is 0 Å². The summed E-state index contributed by atoms with van der Waals surface area (Å²) in [4.78, 5) is 17.7. The number of ether oxygens (including phenoxy) is 2. The fraction of sp³-hybridized carbons (Fsp3) is 0.172. The molecule has 0 fully saturated rings. The van der Waals surface area contributed by atoms with Crippen molar-refractivity contribution >= 4 is 5.97 Å². The molecule has 10 nitrogen and oxygen atoms in total. The number of aromatic nitrogens is 6. The third-order valence-corrected chi connectivity index (χ3v) is 6.73. The first-order valence-corrected chi connectivity index (χ1v) is 12.6. The van der Waals surface area contributed by atoms with E-state index in [0.717, 1.165) is 22.8 Å². The summed E-state index contributed by atoms with van der Waals surface area (Å²) in [6.45, 7) is 5.76. The Bertz CT molecular complexity index is 1680. The van der Waals surface area contributed by atoms with Crippen LogP contribution in [0.4, 0.5) is 0 Å². The summed E-state index contributed by atoms with van der Waals surface area (Å²) in [5.41, 5.74) is 11.3. The molecular weight excluding hydrogens is 494 g/mol. The molecule has 1 aliphatic rings. The number of para-hydroxylation sites is 2. The molecule has 0 aliphatic carbocycles. The molecule has 1 aliphatic heterocycles. The van der Waals surface area contributed by atoms with Gasteiger partial charge in [-0.05, 0) is 45.0 Å². The molecule has 2 N–H and O–H groups in total. The van der Waals surface area contributed by atoms with Crippen molar-refractivity contribution in [2.75, 3.05) is 6.61 Å². The van der Waals surface area contributed by atoms with Crippen molar-refractivity contribution < 1.29 is 14.3 Å². The van der Waals surface area contributed by atoms with Gasteiger partial charge in [-0.25, -0.2) is 19.1 Å². The first-order chi connectivity index (χ1) is 19.0. The number of carbonyl (C=O) groups excluding carboxylic acids is 1. The molecule has 3 aromatic heterocycles. The average Bonchev–Trinajstić information content (AvgIpc) is 3.67. The average molecular weight is 522 g/mol. The van der Waals surface area contributed by atoms with E-state index in [4.69, 9.17) is 25.4 Å². The van der Waals surface area contributed by atoms with Gasteiger partial charge in [-0.1, -0.05) is 36.4 Å². The van der Waals surface area contributed by atoms with Gasteiger partial charge < -0.3 is 15.2 Å². The number of fused-ring (bicyclic) bond motifs is 1. The molecule has 39 heavy (non-hydrogen) atoms. The van der Waals surface area contributed by atoms with Gasteiger partial charge in [-0.2, -0.15) is 10.2 Å². The van der Waals surface area contributed by atoms with E-state index in [2.05, 4.69) is 4.98 Å². The predicted octanol–water partition coefficient (Wildman–Crippen LogP) is 4.12. The Morgan fingerprint density at radius 2 is 1.56 bits per heavy atom. The molecule has 0 amide bonds. The van der Waals surface area contributed by atoms with Crippen LogP contribution in [-0.4, -0.2) is 41.7 Å². The maximum atomic E-state index is 13.5. The Morgan fingerprint density at radius 1 is 0.949 bits per heavy atom. The highest BCUT2D eigenvalue weighted by Crippen LogP contribution is 2.48. The Labute approximate surface area is 224 Å². The minimum Gasteiger partial charge on any atom is -0.462 e. The first-order valence-electron chi connectivity index (χ1n) is 12.6. The van der Waals surface area contributed by atoms with Crippen LogP contribution in [0, 0.1) is 13.8 Å². The summed E-state index contributed by atoms with van der Waals surface area (Å²) in [6.07, 6.45) is 5.25. The normalized spacial score (nSPS) is 14.7. The van der Waals surface area contributed by atoms with Crippen LogP contribution in [0.5, 0.6) is 5.88 Å². The third kappa shape index (κ3) is 3.97. The highest BCUT2D eigenvalue weighted by Gasteiger charge is 2.43. The van der Waals surface area contributed by atoms with Crippen LogP contribution in [0.3, 0.4) is 0 Å². The van der Waals surface area contributed by atoms with Gasteiger partial charge in [0.05, 0.1) is 40.9 Å². The lowest BCUT2D eigenvalue weighted by Crippen LogP contribution is -2.28. The molecule has 196 valence electrons. The molecule has 5 aromatic rings. The van der Waals surface area contributed by atoms with E-state index in [9.17, 15) is 4.79 Å². The first kappa shape index (κ1) is 24.2. The van der Waals surface area contributed by atoms with Gasteiger partial charge in [0, 0.05) is 18.0 Å². The van der Waals surface area contributed by atoms with E-state index in [-0.39, 0.29) is 18.1 Å². The van der Waals surface area contributed by atoms with Crippen molar-refractivity contribution in [2.45, 2.75) is 26.7 Å². The number of esters is 1. The van der Waals surface area contributed by atoms with E-state index in [0.29, 0.717) is 22.8 Å². The molecule has 0 radical (unpaired) electrons. The second-order valence-electron chi connectivity index (χ2n) is 9.13. The van der Waals surface area contributed by atoms with Crippen LogP contribution < -0.4 is 10.5 Å². The number of hydrogen-bond acceptors (Lipinski definition) is 7. The monoisotopic (exact) mass is 521 g/mol. The van der Waals surface area contributed by atoms with Gasteiger partial charge in [0.15, 0.2) is 0 Å². The Hall–Kier alpha value is -5.12. The molecule has 0 spiro atoms. The maximum Gasteiger partial charge on any atom is 0.340 e. The van der Waals surface area contributed by atoms with Crippen molar-refractivity contribution in [3.05, 3.63) is 113 Å². The van der Waals surface area contributed by atoms with Gasteiger partial charge in [0.2, 0.25) is 11.8 Å². The molecule has 6 rings (SSSR count). The van der Waals surface area contributed by atoms with Gasteiger partial charge in [0.1, 0.15) is 17.7 Å². The lowest BCUT2D eigenvalue weighted by atomic mass is 9.83. The van der Waals surface area contributed by atoms with Gasteiger partial charge in [-0.15, -0.1) is 0 Å². The summed E-state index contributed by atoms with van der Waals surface area (Å²) in [5, 5.41) is 9.74. The number of benzene rings is 2. The fourth-order valence-corrected chi connectivity index (χ4v) is 5.10. The molecule has 1 atom stereocenters. The summed E-state index contributed by atoms with van der Waals surface area (Å²) < 4.78 is 17.1. The van der Waals surface area contributed by atoms with Crippen LogP contribution in [0.1, 0.15) is 35.4 Å². The van der Waals surface area contributed by atoms with Crippen molar-refractivity contribution in [2.24, 2.45) is 5.73 Å². The summed E-state index contributed by atoms with van der Waals surface area (Å²) in [7, 11) is 0. The zero-order valence-corrected chi connectivity index (χ0v) is 21.8. The summed E-state index contributed by atoms with van der Waals surface area (Å²) in [5.74, 6) is -0.0965. The number of nitrogens with zero attached hydrogens (tertiary/aromatic N) is 6. The van der Waals surface area contributed by atoms with Gasteiger partial charge >= 0.3 is 5.97 Å². The third-order valence-electron chi connectivity index (χ3n) is 6.73. The zero-order chi connectivity index (χ0) is 27.1. The summed E-state index contributed by atoms with van der Waals surface area (Å²) >= 11 is 0. The van der Waals surface area contributed by atoms with E-state index in [1.807, 2.05) is 90.0 Å². The smallest absolute Gasteiger partial charge is 0.340 e. The zero-order valence-electron chi connectivity index (χ0n) is 21.8. The van der Waals surface area contributed by atoms with Crippen LogP contribution in [0.15, 0.2) is 90.8 Å². The van der Waals surface area contributed by atoms with Crippen LogP contribution >= 0.6 is 0 Å². The van der Waals surface area contributed by atoms with Crippen LogP contribution in [-0.2, 0) is 9.53 Å². The highest BCUT2D eigenvalue weighted by molar-refractivity contribution is 5.93. The number of carbonyl (C=O) groups is 1. The Balaban J connectivity index is 1.67. The SMILES string of the molecule is CCOC(=O)C1=C(N)Oc2c(c(C)nn2-c2ccccc2)C1c1c(C)nn(-c2ccccc2)c1-n1ccnc1. The molecule has 10 heteroatoms. The standard InChI is InChI=1S/C29H27N7O3/c1-4-38-29(37)25-24(23-19(3)33-36(28(23)39-26(25)30)21-13-9-6-10-14-21)22-18(2)32-35(20-11-7-5-8-12-20)27(22)34-16-15-31-17-34/h5-17,24H,4,30H2,1-3H3. The highest BCUT2D eigenvalue weighted by atomic mass is 16.5. The van der Waals surface area contributed by atoms with Gasteiger partial charge in [0.25, 0.3) is 0 Å². The largest absolute Gasteiger partial charge is 0.462 e. The van der Waals surface area contributed by atoms with E-state index in [1.54, 1.807) is 24.1 Å². The number of hydrogen-bond donors (Lipinski definition) is 1. The number of nitrogens with two attached hydrogens (primary N) is 1. The van der Waals surface area contributed by atoms with E-state index in [1.165, 1.54) is 0 Å². The lowest BCUT2D eigenvalue weighted by Gasteiger charge is -2.27. The van der Waals surface area contributed by atoms with Crippen LogP contribution in [0.25, 0.3) is 17.2 Å². The maximum absolute atomic E-state index is 13.5. The number of aryl methyl sites for hydroxylation is 2. The van der Waals surface area contributed by atoms with Gasteiger partial charge in [-0.3, -0.25) is 4.57 Å².